The van der Waals surface area contributed by atoms with E-state index in [4.69, 9.17) is 30.5 Å². The van der Waals surface area contributed by atoms with E-state index in [0.29, 0.717) is 19.1 Å². The van der Waals surface area contributed by atoms with Crippen LogP contribution in [0.25, 0.3) is 0 Å². The third-order valence-corrected chi connectivity index (χ3v) is 6.85. The van der Waals surface area contributed by atoms with Crippen LogP contribution < -0.4 is 4.74 Å². The Morgan fingerprint density at radius 2 is 2.00 bits per heavy atom. The van der Waals surface area contributed by atoms with Crippen LogP contribution in [0.15, 0.2) is 42.5 Å². The van der Waals surface area contributed by atoms with Gasteiger partial charge in [-0.2, -0.15) is 0 Å². The van der Waals surface area contributed by atoms with Crippen molar-refractivity contribution in [2.75, 3.05) is 19.8 Å². The number of hydrogen-bond donors (Lipinski definition) is 0. The van der Waals surface area contributed by atoms with Gasteiger partial charge in [0.05, 0.1) is 25.9 Å². The summed E-state index contributed by atoms with van der Waals surface area (Å²) in [4.78, 5) is 0. The minimum atomic E-state index is -0.693. The van der Waals surface area contributed by atoms with Gasteiger partial charge in [0, 0.05) is 23.4 Å². The third kappa shape index (κ3) is 3.27. The van der Waals surface area contributed by atoms with Crippen molar-refractivity contribution in [2.24, 2.45) is 5.92 Å². The summed E-state index contributed by atoms with van der Waals surface area (Å²) in [7, 11) is 0. The molecule has 3 aliphatic heterocycles. The van der Waals surface area contributed by atoms with Crippen LogP contribution in [0.1, 0.15) is 43.4 Å². The standard InChI is InChI=1S/C24H27ClO4/c1-3-26-20-7-4-17(5-8-20)12-18-13-19(6-9-21(18)25)24-14-16(2)22-23(29-24,15-28-24)10-11-27-22/h4-9,13,16,22H,3,10-12,14-15H2,1-2H3/t16?,22-,23-,24+/m0/s1. The van der Waals surface area contributed by atoms with Crippen LogP contribution in [0, 0.1) is 5.92 Å². The number of fused-ring (bicyclic) bond motifs is 1. The van der Waals surface area contributed by atoms with Crippen molar-refractivity contribution in [2.45, 2.75) is 50.6 Å². The third-order valence-electron chi connectivity index (χ3n) is 6.48. The normalized spacial score (nSPS) is 32.9. The zero-order valence-electron chi connectivity index (χ0n) is 16.9. The molecule has 1 unspecified atom stereocenters. The highest BCUT2D eigenvalue weighted by Gasteiger charge is 2.63. The van der Waals surface area contributed by atoms with Gasteiger partial charge in [0.1, 0.15) is 11.4 Å². The summed E-state index contributed by atoms with van der Waals surface area (Å²) in [5.74, 6) is 0.582. The van der Waals surface area contributed by atoms with Gasteiger partial charge in [-0.15, -0.1) is 0 Å². The first-order valence-corrected chi connectivity index (χ1v) is 10.9. The monoisotopic (exact) mass is 414 g/mol. The molecule has 4 atom stereocenters. The second kappa shape index (κ2) is 7.28. The fourth-order valence-corrected chi connectivity index (χ4v) is 5.34. The van der Waals surface area contributed by atoms with Gasteiger partial charge < -0.3 is 18.9 Å². The molecule has 3 heterocycles. The molecule has 0 aromatic heterocycles. The molecule has 2 bridgehead atoms. The van der Waals surface area contributed by atoms with E-state index in [1.807, 2.05) is 31.2 Å². The lowest BCUT2D eigenvalue weighted by Crippen LogP contribution is -2.51. The molecule has 2 aromatic carbocycles. The van der Waals surface area contributed by atoms with Crippen LogP contribution >= 0.6 is 11.6 Å². The van der Waals surface area contributed by atoms with Gasteiger partial charge in [-0.05, 0) is 54.7 Å². The predicted octanol–water partition coefficient (Wildman–Crippen LogP) is 5.10. The summed E-state index contributed by atoms with van der Waals surface area (Å²) in [5.41, 5.74) is 3.02. The summed E-state index contributed by atoms with van der Waals surface area (Å²) in [5, 5.41) is 0.762. The molecule has 1 spiro atoms. The first kappa shape index (κ1) is 19.4. The number of halogens is 1. The molecule has 5 heteroatoms. The first-order valence-electron chi connectivity index (χ1n) is 10.5. The Kier molecular flexibility index (Phi) is 4.86. The van der Waals surface area contributed by atoms with Gasteiger partial charge in [-0.25, -0.2) is 0 Å². The number of hydrogen-bond acceptors (Lipinski definition) is 4. The van der Waals surface area contributed by atoms with E-state index in [9.17, 15) is 0 Å². The maximum Gasteiger partial charge on any atom is 0.196 e. The molecule has 4 nitrogen and oxygen atoms in total. The molecule has 0 radical (unpaired) electrons. The van der Waals surface area contributed by atoms with E-state index in [0.717, 1.165) is 47.8 Å². The molecule has 5 rings (SSSR count). The average molecular weight is 415 g/mol. The Hall–Kier alpha value is -1.59. The van der Waals surface area contributed by atoms with E-state index < -0.39 is 5.79 Å². The zero-order chi connectivity index (χ0) is 20.1. The molecule has 0 N–H and O–H groups in total. The Balaban J connectivity index is 1.42. The van der Waals surface area contributed by atoms with Crippen molar-refractivity contribution in [3.63, 3.8) is 0 Å². The number of ether oxygens (including phenoxy) is 4. The van der Waals surface area contributed by atoms with Crippen molar-refractivity contribution in [3.8, 4) is 5.75 Å². The Labute approximate surface area is 177 Å². The van der Waals surface area contributed by atoms with Crippen molar-refractivity contribution in [1.29, 1.82) is 0 Å². The van der Waals surface area contributed by atoms with Crippen LogP contribution in [0.5, 0.6) is 5.75 Å². The van der Waals surface area contributed by atoms with E-state index in [2.05, 4.69) is 25.1 Å². The summed E-state index contributed by atoms with van der Waals surface area (Å²) in [6, 6.07) is 14.4. The molecule has 3 fully saturated rings. The second-order valence-corrected chi connectivity index (χ2v) is 8.90. The quantitative estimate of drug-likeness (QED) is 0.682. The molecule has 154 valence electrons. The van der Waals surface area contributed by atoms with Crippen LogP contribution in [0.3, 0.4) is 0 Å². The maximum atomic E-state index is 6.63. The smallest absolute Gasteiger partial charge is 0.196 e. The van der Waals surface area contributed by atoms with E-state index in [-0.39, 0.29) is 11.7 Å². The van der Waals surface area contributed by atoms with E-state index in [1.165, 1.54) is 5.56 Å². The van der Waals surface area contributed by atoms with E-state index >= 15 is 0 Å². The molecule has 3 aliphatic rings. The number of benzene rings is 2. The van der Waals surface area contributed by atoms with Gasteiger partial charge in [0.15, 0.2) is 5.79 Å². The highest BCUT2D eigenvalue weighted by Crippen LogP contribution is 2.55. The molecule has 3 saturated heterocycles. The lowest BCUT2D eigenvalue weighted by molar-refractivity contribution is -0.250. The van der Waals surface area contributed by atoms with Gasteiger partial charge >= 0.3 is 0 Å². The van der Waals surface area contributed by atoms with Crippen LogP contribution in [-0.4, -0.2) is 31.5 Å². The maximum absolute atomic E-state index is 6.63. The van der Waals surface area contributed by atoms with Crippen molar-refractivity contribution in [3.05, 3.63) is 64.2 Å². The molecule has 0 aliphatic carbocycles. The molecule has 29 heavy (non-hydrogen) atoms. The summed E-state index contributed by atoms with van der Waals surface area (Å²) >= 11 is 6.56. The van der Waals surface area contributed by atoms with Crippen LogP contribution in [0.4, 0.5) is 0 Å². The molecular formula is C24H27ClO4. The van der Waals surface area contributed by atoms with Gasteiger partial charge in [-0.1, -0.05) is 36.7 Å². The number of rotatable bonds is 5. The van der Waals surface area contributed by atoms with Crippen LogP contribution in [-0.2, 0) is 26.4 Å². The van der Waals surface area contributed by atoms with Gasteiger partial charge in [0.2, 0.25) is 0 Å². The highest BCUT2D eigenvalue weighted by atomic mass is 35.5. The zero-order valence-corrected chi connectivity index (χ0v) is 17.7. The summed E-state index contributed by atoms with van der Waals surface area (Å²) in [6.07, 6.45) is 2.58. The first-order chi connectivity index (χ1) is 14.0. The summed E-state index contributed by atoms with van der Waals surface area (Å²) in [6.45, 7) is 6.24. The Morgan fingerprint density at radius 1 is 1.17 bits per heavy atom. The average Bonchev–Trinajstić information content (AvgIpc) is 3.28. The lowest BCUT2D eigenvalue weighted by Gasteiger charge is -2.42. The van der Waals surface area contributed by atoms with Gasteiger partial charge in [0.25, 0.3) is 0 Å². The summed E-state index contributed by atoms with van der Waals surface area (Å²) < 4.78 is 24.5. The highest BCUT2D eigenvalue weighted by molar-refractivity contribution is 6.31. The minimum Gasteiger partial charge on any atom is -0.494 e. The fourth-order valence-electron chi connectivity index (χ4n) is 5.15. The minimum absolute atomic E-state index is 0.133. The Morgan fingerprint density at radius 3 is 2.79 bits per heavy atom. The molecule has 0 saturated carbocycles. The van der Waals surface area contributed by atoms with Crippen molar-refractivity contribution in [1.82, 2.24) is 0 Å². The Bertz CT molecular complexity index is 898. The van der Waals surface area contributed by atoms with Crippen LogP contribution in [0.2, 0.25) is 5.02 Å². The largest absolute Gasteiger partial charge is 0.494 e. The van der Waals surface area contributed by atoms with Crippen molar-refractivity contribution >= 4 is 11.6 Å². The van der Waals surface area contributed by atoms with E-state index in [1.54, 1.807) is 0 Å². The second-order valence-electron chi connectivity index (χ2n) is 8.49. The molecule has 0 amide bonds. The SMILES string of the molecule is CCOc1ccc(Cc2cc([C@]34CC(C)[C@@H]5OCC[C@@]5(CO3)O4)ccc2Cl)cc1. The molecular weight excluding hydrogens is 388 g/mol. The lowest BCUT2D eigenvalue weighted by atomic mass is 9.80. The van der Waals surface area contributed by atoms with Gasteiger partial charge in [-0.3, -0.25) is 0 Å². The molecule has 2 aromatic rings. The topological polar surface area (TPSA) is 36.9 Å². The van der Waals surface area contributed by atoms with Crippen molar-refractivity contribution < 1.29 is 18.9 Å². The fraction of sp³-hybridized carbons (Fsp3) is 0.500. The predicted molar refractivity (Wildman–Crippen MR) is 111 cm³/mol.